The van der Waals surface area contributed by atoms with Gasteiger partial charge in [-0.15, -0.1) is 0 Å². The normalized spacial score (nSPS) is 12.6. The first-order valence-corrected chi connectivity index (χ1v) is 4.22. The van der Waals surface area contributed by atoms with E-state index in [1.54, 1.807) is 0 Å². The van der Waals surface area contributed by atoms with Crippen LogP contribution in [0.3, 0.4) is 0 Å². The van der Waals surface area contributed by atoms with Gasteiger partial charge in [0.05, 0.1) is 0 Å². The molecule has 0 fully saturated rings. The van der Waals surface area contributed by atoms with Gasteiger partial charge in [0.15, 0.2) is 0 Å². The van der Waals surface area contributed by atoms with E-state index in [2.05, 4.69) is 10.3 Å². The lowest BCUT2D eigenvalue weighted by Crippen LogP contribution is -2.08. The number of hydrogen-bond donors (Lipinski definition) is 3. The van der Waals surface area contributed by atoms with Gasteiger partial charge in [-0.05, 0) is 31.5 Å². The maximum absolute atomic E-state index is 8.66. The second-order valence-corrected chi connectivity index (χ2v) is 3.05. The van der Waals surface area contributed by atoms with E-state index in [9.17, 15) is 0 Å². The molecule has 1 rings (SSSR count). The third-order valence-corrected chi connectivity index (χ3v) is 1.76. The van der Waals surface area contributed by atoms with Crippen LogP contribution in [0.4, 0.5) is 5.82 Å². The van der Waals surface area contributed by atoms with E-state index in [1.807, 2.05) is 26.0 Å². The smallest absolute Gasteiger partial charge is 0.128 e. The molecule has 0 radical (unpaired) electrons. The molecule has 4 nitrogen and oxygen atoms in total. The van der Waals surface area contributed by atoms with Crippen LogP contribution >= 0.6 is 0 Å². The van der Waals surface area contributed by atoms with Crippen LogP contribution in [0, 0.1) is 6.92 Å². The third-order valence-electron chi connectivity index (χ3n) is 1.76. The van der Waals surface area contributed by atoms with Crippen LogP contribution in [0.1, 0.15) is 24.2 Å². The number of rotatable bonds is 3. The van der Waals surface area contributed by atoms with Crippen molar-refractivity contribution in [2.24, 2.45) is 5.73 Å². The lowest BCUT2D eigenvalue weighted by molar-refractivity contribution is 0.325. The van der Waals surface area contributed by atoms with E-state index >= 15 is 0 Å². The Hall–Kier alpha value is -1.13. The van der Waals surface area contributed by atoms with Gasteiger partial charge in [0.25, 0.3) is 0 Å². The van der Waals surface area contributed by atoms with E-state index in [4.69, 9.17) is 10.8 Å². The molecule has 1 unspecified atom stereocenters. The quantitative estimate of drug-likeness (QED) is 0.602. The standard InChI is InChI=1S/C9H15N3O/c1-6-3-8(7(2)10)4-9(12-6)11-5-13/h3-4,7,13H,5,10H2,1-2H3,(H,11,12). The first-order chi connectivity index (χ1) is 6.13. The Bertz CT molecular complexity index is 286. The highest BCUT2D eigenvalue weighted by molar-refractivity contribution is 5.40. The van der Waals surface area contributed by atoms with Crippen LogP contribution in [0.2, 0.25) is 0 Å². The molecule has 0 spiro atoms. The minimum absolute atomic E-state index is 0.0130. The van der Waals surface area contributed by atoms with Crippen molar-refractivity contribution in [3.05, 3.63) is 23.4 Å². The number of aliphatic hydroxyl groups excluding tert-OH is 1. The van der Waals surface area contributed by atoms with Gasteiger partial charge < -0.3 is 16.2 Å². The molecular formula is C9H15N3O. The fraction of sp³-hybridized carbons (Fsp3) is 0.444. The maximum atomic E-state index is 8.66. The van der Waals surface area contributed by atoms with E-state index in [0.29, 0.717) is 5.82 Å². The van der Waals surface area contributed by atoms with Crippen LogP contribution < -0.4 is 11.1 Å². The molecule has 72 valence electrons. The van der Waals surface area contributed by atoms with Gasteiger partial charge in [0, 0.05) is 11.7 Å². The first-order valence-electron chi connectivity index (χ1n) is 4.22. The SMILES string of the molecule is Cc1cc(C(C)N)cc(NCO)n1. The van der Waals surface area contributed by atoms with Gasteiger partial charge in [-0.25, -0.2) is 4.98 Å². The fourth-order valence-electron chi connectivity index (χ4n) is 1.13. The summed E-state index contributed by atoms with van der Waals surface area (Å²) in [6.45, 7) is 3.70. The van der Waals surface area contributed by atoms with Crippen LogP contribution in [0.25, 0.3) is 0 Å². The van der Waals surface area contributed by atoms with E-state index in [0.717, 1.165) is 11.3 Å². The Kier molecular flexibility index (Phi) is 3.22. The number of anilines is 1. The molecular weight excluding hydrogens is 166 g/mol. The lowest BCUT2D eigenvalue weighted by Gasteiger charge is -2.09. The van der Waals surface area contributed by atoms with Crippen molar-refractivity contribution in [3.8, 4) is 0 Å². The van der Waals surface area contributed by atoms with Crippen molar-refractivity contribution < 1.29 is 5.11 Å². The highest BCUT2D eigenvalue weighted by Gasteiger charge is 2.02. The summed E-state index contributed by atoms with van der Waals surface area (Å²) in [6, 6.07) is 3.77. The van der Waals surface area contributed by atoms with Gasteiger partial charge >= 0.3 is 0 Å². The second kappa shape index (κ2) is 4.20. The second-order valence-electron chi connectivity index (χ2n) is 3.05. The van der Waals surface area contributed by atoms with Crippen LogP contribution in [0.5, 0.6) is 0 Å². The first kappa shape index (κ1) is 9.95. The van der Waals surface area contributed by atoms with Crippen molar-refractivity contribution >= 4 is 5.82 Å². The highest BCUT2D eigenvalue weighted by atomic mass is 16.3. The van der Waals surface area contributed by atoms with Crippen molar-refractivity contribution in [1.29, 1.82) is 0 Å². The molecule has 1 atom stereocenters. The highest BCUT2D eigenvalue weighted by Crippen LogP contribution is 2.14. The molecule has 0 saturated heterocycles. The number of nitrogens with zero attached hydrogens (tertiary/aromatic N) is 1. The fourth-order valence-corrected chi connectivity index (χ4v) is 1.13. The van der Waals surface area contributed by atoms with Crippen LogP contribution in [0.15, 0.2) is 12.1 Å². The van der Waals surface area contributed by atoms with Crippen molar-refractivity contribution in [3.63, 3.8) is 0 Å². The molecule has 4 heteroatoms. The van der Waals surface area contributed by atoms with Gasteiger partial charge in [0.2, 0.25) is 0 Å². The number of nitrogens with two attached hydrogens (primary N) is 1. The zero-order valence-electron chi connectivity index (χ0n) is 7.91. The summed E-state index contributed by atoms with van der Waals surface area (Å²) in [7, 11) is 0. The summed E-state index contributed by atoms with van der Waals surface area (Å²) in [4.78, 5) is 4.18. The topological polar surface area (TPSA) is 71.2 Å². The Balaban J connectivity index is 2.96. The Morgan fingerprint density at radius 2 is 2.31 bits per heavy atom. The number of hydrogen-bond acceptors (Lipinski definition) is 4. The molecule has 0 saturated carbocycles. The minimum atomic E-state index is -0.116. The molecule has 0 aliphatic carbocycles. The molecule has 4 N–H and O–H groups in total. The Morgan fingerprint density at radius 1 is 1.62 bits per heavy atom. The zero-order valence-corrected chi connectivity index (χ0v) is 7.91. The molecule has 1 aromatic heterocycles. The molecule has 13 heavy (non-hydrogen) atoms. The molecule has 0 amide bonds. The van der Waals surface area contributed by atoms with E-state index < -0.39 is 0 Å². The average molecular weight is 181 g/mol. The molecule has 0 aliphatic rings. The monoisotopic (exact) mass is 181 g/mol. The molecule has 0 aromatic carbocycles. The number of pyridine rings is 1. The van der Waals surface area contributed by atoms with Gasteiger partial charge in [-0.2, -0.15) is 0 Å². The zero-order chi connectivity index (χ0) is 9.84. The molecule has 0 aliphatic heterocycles. The third kappa shape index (κ3) is 2.68. The van der Waals surface area contributed by atoms with Crippen LogP contribution in [-0.4, -0.2) is 16.8 Å². The summed E-state index contributed by atoms with van der Waals surface area (Å²) >= 11 is 0. The molecule has 0 bridgehead atoms. The summed E-state index contributed by atoms with van der Waals surface area (Å²) in [5.41, 5.74) is 7.64. The number of aryl methyl sites for hydroxylation is 1. The summed E-state index contributed by atoms with van der Waals surface area (Å²) < 4.78 is 0. The van der Waals surface area contributed by atoms with Gasteiger partial charge in [-0.1, -0.05) is 0 Å². The summed E-state index contributed by atoms with van der Waals surface area (Å²) in [5.74, 6) is 0.662. The van der Waals surface area contributed by atoms with E-state index in [-0.39, 0.29) is 12.8 Å². The van der Waals surface area contributed by atoms with Gasteiger partial charge in [0.1, 0.15) is 12.5 Å². The van der Waals surface area contributed by atoms with Crippen molar-refractivity contribution in [2.45, 2.75) is 19.9 Å². The number of aliphatic hydroxyl groups is 1. The van der Waals surface area contributed by atoms with E-state index in [1.165, 1.54) is 0 Å². The van der Waals surface area contributed by atoms with Crippen molar-refractivity contribution in [2.75, 3.05) is 12.0 Å². The molecule has 1 heterocycles. The largest absolute Gasteiger partial charge is 0.377 e. The summed E-state index contributed by atoms with van der Waals surface area (Å²) in [6.07, 6.45) is 0. The summed E-state index contributed by atoms with van der Waals surface area (Å²) in [5, 5.41) is 11.4. The molecule has 1 aromatic rings. The Morgan fingerprint density at radius 3 is 2.85 bits per heavy atom. The van der Waals surface area contributed by atoms with Crippen molar-refractivity contribution in [1.82, 2.24) is 4.98 Å². The predicted octanol–water partition coefficient (Wildman–Crippen LogP) is 0.771. The average Bonchev–Trinajstić information content (AvgIpc) is 2.03. The van der Waals surface area contributed by atoms with Crippen LogP contribution in [-0.2, 0) is 0 Å². The predicted molar refractivity (Wildman–Crippen MR) is 52.3 cm³/mol. The number of nitrogens with one attached hydrogen (secondary N) is 1. The lowest BCUT2D eigenvalue weighted by atomic mass is 10.1. The Labute approximate surface area is 77.8 Å². The maximum Gasteiger partial charge on any atom is 0.128 e. The van der Waals surface area contributed by atoms with Gasteiger partial charge in [-0.3, -0.25) is 0 Å². The number of aromatic nitrogens is 1. The minimum Gasteiger partial charge on any atom is -0.377 e.